The summed E-state index contributed by atoms with van der Waals surface area (Å²) in [6.07, 6.45) is 0. The minimum Gasteiger partial charge on any atom is -0.378 e. The first-order valence-corrected chi connectivity index (χ1v) is 9.79. The highest BCUT2D eigenvalue weighted by atomic mass is 19.1. The molecular weight excluding hydrogens is 374 g/mol. The number of nitrogens with zero attached hydrogens (tertiary/aromatic N) is 3. The Kier molecular flexibility index (Phi) is 6.82. The molecule has 3 rings (SSSR count). The van der Waals surface area contributed by atoms with E-state index < -0.39 is 23.1 Å². The lowest BCUT2D eigenvalue weighted by molar-refractivity contribution is 0.0879. The van der Waals surface area contributed by atoms with Gasteiger partial charge in [-0.2, -0.15) is 0 Å². The average Bonchev–Trinajstić information content (AvgIpc) is 2.69. The van der Waals surface area contributed by atoms with Gasteiger partial charge >= 0.3 is 0 Å². The van der Waals surface area contributed by atoms with Crippen LogP contribution in [0.1, 0.15) is 22.0 Å². The Morgan fingerprint density at radius 2 is 1.62 bits per heavy atom. The number of benzene rings is 2. The summed E-state index contributed by atoms with van der Waals surface area (Å²) in [6.45, 7) is 3.86. The molecule has 0 aromatic heterocycles. The number of hydrogen-bond donors (Lipinski definition) is 1. The van der Waals surface area contributed by atoms with Crippen molar-refractivity contribution >= 4 is 11.6 Å². The zero-order chi connectivity index (χ0) is 21.0. The van der Waals surface area contributed by atoms with Crippen LogP contribution < -0.4 is 10.2 Å². The van der Waals surface area contributed by atoms with Crippen molar-refractivity contribution in [1.82, 2.24) is 15.1 Å². The smallest absolute Gasteiger partial charge is 0.257 e. The molecule has 7 heteroatoms. The van der Waals surface area contributed by atoms with Crippen molar-refractivity contribution in [3.63, 3.8) is 0 Å². The first-order chi connectivity index (χ1) is 13.9. The van der Waals surface area contributed by atoms with E-state index in [-0.39, 0.29) is 12.6 Å². The topological polar surface area (TPSA) is 38.8 Å². The van der Waals surface area contributed by atoms with E-state index in [9.17, 15) is 13.6 Å². The van der Waals surface area contributed by atoms with E-state index in [2.05, 4.69) is 22.2 Å². The van der Waals surface area contributed by atoms with Crippen LogP contribution in [0.2, 0.25) is 0 Å². The number of carbonyl (C=O) groups excluding carboxylic acids is 1. The minimum atomic E-state index is -0.853. The van der Waals surface area contributed by atoms with Crippen LogP contribution in [0.25, 0.3) is 0 Å². The summed E-state index contributed by atoms with van der Waals surface area (Å²) in [5.41, 5.74) is 1.62. The fraction of sp³-hybridized carbons (Fsp3) is 0.409. The summed E-state index contributed by atoms with van der Waals surface area (Å²) in [5, 5.41) is 2.74. The molecule has 1 fully saturated rings. The number of nitrogens with one attached hydrogen (secondary N) is 1. The highest BCUT2D eigenvalue weighted by Gasteiger charge is 2.25. The zero-order valence-electron chi connectivity index (χ0n) is 17.2. The number of piperazine rings is 1. The number of hydrogen-bond acceptors (Lipinski definition) is 4. The van der Waals surface area contributed by atoms with Gasteiger partial charge in [-0.05, 0) is 36.9 Å². The monoisotopic (exact) mass is 402 g/mol. The fourth-order valence-electron chi connectivity index (χ4n) is 3.58. The largest absolute Gasteiger partial charge is 0.378 e. The SMILES string of the molecule is CN1CCN(C(CNC(=O)c2c(F)cccc2F)c2ccc(N(C)C)cc2)CC1. The van der Waals surface area contributed by atoms with Crippen molar-refractivity contribution < 1.29 is 13.6 Å². The van der Waals surface area contributed by atoms with Crippen LogP contribution >= 0.6 is 0 Å². The number of rotatable bonds is 6. The van der Waals surface area contributed by atoms with E-state index in [1.54, 1.807) is 0 Å². The van der Waals surface area contributed by atoms with Crippen LogP contribution in [-0.4, -0.2) is 69.6 Å². The van der Waals surface area contributed by atoms with E-state index in [4.69, 9.17) is 0 Å². The van der Waals surface area contributed by atoms with Gasteiger partial charge < -0.3 is 15.1 Å². The number of halogens is 2. The third kappa shape index (κ3) is 5.10. The molecule has 5 nitrogen and oxygen atoms in total. The molecule has 2 aromatic rings. The Balaban J connectivity index is 1.78. The van der Waals surface area contributed by atoms with Gasteiger partial charge in [-0.25, -0.2) is 8.78 Å². The third-order valence-corrected chi connectivity index (χ3v) is 5.42. The van der Waals surface area contributed by atoms with Crippen molar-refractivity contribution in [2.45, 2.75) is 6.04 Å². The van der Waals surface area contributed by atoms with Gasteiger partial charge in [0.1, 0.15) is 17.2 Å². The van der Waals surface area contributed by atoms with Crippen LogP contribution in [0, 0.1) is 11.6 Å². The van der Waals surface area contributed by atoms with Crippen LogP contribution in [0.3, 0.4) is 0 Å². The maximum absolute atomic E-state index is 13.9. The van der Waals surface area contributed by atoms with E-state index in [0.717, 1.165) is 49.6 Å². The molecule has 1 unspecified atom stereocenters. The summed E-state index contributed by atoms with van der Waals surface area (Å²) in [7, 11) is 6.05. The molecule has 2 aromatic carbocycles. The zero-order valence-corrected chi connectivity index (χ0v) is 17.2. The van der Waals surface area contributed by atoms with Gasteiger partial charge in [-0.3, -0.25) is 9.69 Å². The van der Waals surface area contributed by atoms with E-state index in [0.29, 0.717) is 0 Å². The van der Waals surface area contributed by atoms with Gasteiger partial charge in [-0.15, -0.1) is 0 Å². The first kappa shape index (κ1) is 21.2. The third-order valence-electron chi connectivity index (χ3n) is 5.42. The second kappa shape index (κ2) is 9.33. The lowest BCUT2D eigenvalue weighted by atomic mass is 10.0. The number of amides is 1. The molecule has 0 bridgehead atoms. The molecule has 1 aliphatic rings. The Morgan fingerprint density at radius 1 is 1.03 bits per heavy atom. The van der Waals surface area contributed by atoms with Crippen LogP contribution in [-0.2, 0) is 0 Å². The van der Waals surface area contributed by atoms with Crippen LogP contribution in [0.5, 0.6) is 0 Å². The molecule has 156 valence electrons. The summed E-state index contributed by atoms with van der Waals surface area (Å²) in [5.74, 6) is -2.44. The van der Waals surface area contributed by atoms with Crippen LogP contribution in [0.4, 0.5) is 14.5 Å². The van der Waals surface area contributed by atoms with E-state index >= 15 is 0 Å². The molecule has 1 amide bonds. The molecule has 1 saturated heterocycles. The molecule has 0 spiro atoms. The predicted molar refractivity (Wildman–Crippen MR) is 111 cm³/mol. The van der Waals surface area contributed by atoms with Gasteiger partial charge in [0.25, 0.3) is 5.91 Å². The highest BCUT2D eigenvalue weighted by molar-refractivity contribution is 5.94. The quantitative estimate of drug-likeness (QED) is 0.807. The molecule has 0 aliphatic carbocycles. The summed E-state index contributed by atoms with van der Waals surface area (Å²) in [4.78, 5) is 19.1. The van der Waals surface area contributed by atoms with Crippen molar-refractivity contribution in [2.75, 3.05) is 58.8 Å². The Morgan fingerprint density at radius 3 is 2.17 bits per heavy atom. The second-order valence-corrected chi connectivity index (χ2v) is 7.65. The number of carbonyl (C=O) groups is 1. The Hall–Kier alpha value is -2.51. The van der Waals surface area contributed by atoms with Gasteiger partial charge in [0.05, 0.1) is 6.04 Å². The standard InChI is InChI=1S/C22H28F2N4O/c1-26(2)17-9-7-16(8-10-17)20(28-13-11-27(3)12-14-28)15-25-22(29)21-18(23)5-4-6-19(21)24/h4-10,20H,11-15H2,1-3H3,(H,25,29). The minimum absolute atomic E-state index is 0.0707. The summed E-state index contributed by atoms with van der Waals surface area (Å²) < 4.78 is 27.9. The molecular formula is C22H28F2N4O. The highest BCUT2D eigenvalue weighted by Crippen LogP contribution is 2.24. The molecule has 0 radical (unpaired) electrons. The van der Waals surface area contributed by atoms with Crippen molar-refractivity contribution in [2.24, 2.45) is 0 Å². The van der Waals surface area contributed by atoms with Crippen LogP contribution in [0.15, 0.2) is 42.5 Å². The Bertz CT molecular complexity index is 813. The predicted octanol–water partition coefficient (Wildman–Crippen LogP) is 2.75. The van der Waals surface area contributed by atoms with E-state index in [1.807, 2.05) is 43.3 Å². The van der Waals surface area contributed by atoms with Crippen molar-refractivity contribution in [1.29, 1.82) is 0 Å². The lowest BCUT2D eigenvalue weighted by Crippen LogP contribution is -2.48. The molecule has 0 saturated carbocycles. The second-order valence-electron chi connectivity index (χ2n) is 7.65. The van der Waals surface area contributed by atoms with E-state index in [1.165, 1.54) is 6.07 Å². The number of likely N-dealkylation sites (N-methyl/N-ethyl adjacent to an activating group) is 1. The summed E-state index contributed by atoms with van der Waals surface area (Å²) >= 11 is 0. The maximum Gasteiger partial charge on any atom is 0.257 e. The normalized spacial score (nSPS) is 16.4. The summed E-state index contributed by atoms with van der Waals surface area (Å²) in [6, 6.07) is 11.5. The van der Waals surface area contributed by atoms with Crippen molar-refractivity contribution in [3.8, 4) is 0 Å². The first-order valence-electron chi connectivity index (χ1n) is 9.79. The van der Waals surface area contributed by atoms with Crippen molar-refractivity contribution in [3.05, 3.63) is 65.2 Å². The molecule has 1 heterocycles. The average molecular weight is 402 g/mol. The number of anilines is 1. The molecule has 1 N–H and O–H groups in total. The molecule has 29 heavy (non-hydrogen) atoms. The maximum atomic E-state index is 13.9. The lowest BCUT2D eigenvalue weighted by Gasteiger charge is -2.38. The van der Waals surface area contributed by atoms with Gasteiger partial charge in [-0.1, -0.05) is 18.2 Å². The molecule has 1 atom stereocenters. The fourth-order valence-corrected chi connectivity index (χ4v) is 3.58. The molecule has 1 aliphatic heterocycles. The van der Waals surface area contributed by atoms with Gasteiger partial charge in [0.15, 0.2) is 0 Å². The van der Waals surface area contributed by atoms with Gasteiger partial charge in [0.2, 0.25) is 0 Å². The Labute approximate surface area is 170 Å². The van der Waals surface area contributed by atoms with Gasteiger partial charge in [0, 0.05) is 52.5 Å².